The summed E-state index contributed by atoms with van der Waals surface area (Å²) in [5.74, 6) is 0.480. The van der Waals surface area contributed by atoms with Crippen molar-refractivity contribution in [2.45, 2.75) is 90.4 Å². The highest BCUT2D eigenvalue weighted by molar-refractivity contribution is 5.95. The number of hydrogen-bond donors (Lipinski definition) is 2. The zero-order chi connectivity index (χ0) is 23.9. The molecule has 2 rings (SSSR count). The Balaban J connectivity index is 2.06. The van der Waals surface area contributed by atoms with Crippen molar-refractivity contribution < 1.29 is 14.3 Å². The van der Waals surface area contributed by atoms with Crippen molar-refractivity contribution in [1.82, 2.24) is 15.5 Å². The third kappa shape index (κ3) is 7.66. The number of rotatable bonds is 9. The zero-order valence-corrected chi connectivity index (χ0v) is 20.8. The van der Waals surface area contributed by atoms with E-state index < -0.39 is 6.04 Å². The van der Waals surface area contributed by atoms with Gasteiger partial charge in [0.1, 0.15) is 11.8 Å². The standard InChI is InChI=1S/C26H41N3O3/c1-8-9-16-29(21-17-25(3,4)28-26(5,6)18-21)24(31)19(2)27-23(30)15-12-20-10-13-22(32-7)14-11-20/h10-15,19,21,28H,8-9,16-18H2,1-7H3,(H,27,30)/b15-12+. The fraction of sp³-hybridized carbons (Fsp3) is 0.615. The van der Waals surface area contributed by atoms with Crippen LogP contribution >= 0.6 is 0 Å². The van der Waals surface area contributed by atoms with Gasteiger partial charge in [0.2, 0.25) is 11.8 Å². The van der Waals surface area contributed by atoms with Crippen molar-refractivity contribution in [2.75, 3.05) is 13.7 Å². The van der Waals surface area contributed by atoms with Crippen molar-refractivity contribution >= 4 is 17.9 Å². The lowest BCUT2D eigenvalue weighted by Gasteiger charge is -2.50. The smallest absolute Gasteiger partial charge is 0.245 e. The summed E-state index contributed by atoms with van der Waals surface area (Å²) < 4.78 is 5.15. The third-order valence-electron chi connectivity index (χ3n) is 5.92. The van der Waals surface area contributed by atoms with Gasteiger partial charge in [-0.15, -0.1) is 0 Å². The second-order valence-corrected chi connectivity index (χ2v) is 10.2. The summed E-state index contributed by atoms with van der Waals surface area (Å²) in [5, 5.41) is 6.54. The maximum absolute atomic E-state index is 13.4. The van der Waals surface area contributed by atoms with E-state index in [0.29, 0.717) is 6.54 Å². The van der Waals surface area contributed by atoms with Gasteiger partial charge >= 0.3 is 0 Å². The predicted octanol–water partition coefficient (Wildman–Crippen LogP) is 4.15. The number of methoxy groups -OCH3 is 1. The number of ether oxygens (including phenoxy) is 1. The van der Waals surface area contributed by atoms with Crippen LogP contribution in [0.2, 0.25) is 0 Å². The van der Waals surface area contributed by atoms with Gasteiger partial charge in [0, 0.05) is 29.7 Å². The van der Waals surface area contributed by atoms with Gasteiger partial charge in [0.15, 0.2) is 0 Å². The number of unbranched alkanes of at least 4 members (excludes halogenated alkanes) is 1. The Kier molecular flexibility index (Phi) is 8.90. The molecule has 0 bridgehead atoms. The zero-order valence-electron chi connectivity index (χ0n) is 20.8. The van der Waals surface area contributed by atoms with E-state index in [4.69, 9.17) is 4.74 Å². The van der Waals surface area contributed by atoms with Gasteiger partial charge in [0.05, 0.1) is 7.11 Å². The van der Waals surface area contributed by atoms with Crippen LogP contribution in [0.15, 0.2) is 30.3 Å². The number of carbonyl (C=O) groups excluding carboxylic acids is 2. The van der Waals surface area contributed by atoms with Crippen LogP contribution in [0.25, 0.3) is 6.08 Å². The summed E-state index contributed by atoms with van der Waals surface area (Å²) >= 11 is 0. The van der Waals surface area contributed by atoms with Gasteiger partial charge in [-0.25, -0.2) is 0 Å². The molecule has 1 aliphatic heterocycles. The van der Waals surface area contributed by atoms with E-state index in [1.54, 1.807) is 20.1 Å². The summed E-state index contributed by atoms with van der Waals surface area (Å²) in [6.07, 6.45) is 6.96. The molecule has 1 aliphatic rings. The van der Waals surface area contributed by atoms with Gasteiger partial charge in [-0.05, 0) is 77.7 Å². The van der Waals surface area contributed by atoms with Crippen LogP contribution in [-0.4, -0.2) is 53.5 Å². The molecule has 0 saturated carbocycles. The van der Waals surface area contributed by atoms with E-state index >= 15 is 0 Å². The first-order chi connectivity index (χ1) is 15.0. The third-order valence-corrected chi connectivity index (χ3v) is 5.92. The molecule has 6 heteroatoms. The molecule has 1 unspecified atom stereocenters. The molecule has 2 amide bonds. The molecule has 1 heterocycles. The molecule has 0 aromatic heterocycles. The number of nitrogens with zero attached hydrogens (tertiary/aromatic N) is 1. The number of piperidine rings is 1. The van der Waals surface area contributed by atoms with Crippen LogP contribution in [0, 0.1) is 0 Å². The number of hydrogen-bond acceptors (Lipinski definition) is 4. The van der Waals surface area contributed by atoms with Gasteiger partial charge in [0.25, 0.3) is 0 Å². The lowest BCUT2D eigenvalue weighted by molar-refractivity contribution is -0.139. The molecule has 1 fully saturated rings. The minimum absolute atomic E-state index is 0.0110. The Morgan fingerprint density at radius 2 is 1.78 bits per heavy atom. The lowest BCUT2D eigenvalue weighted by Crippen LogP contribution is -2.64. The van der Waals surface area contributed by atoms with Gasteiger partial charge in [-0.1, -0.05) is 25.5 Å². The number of carbonyl (C=O) groups is 2. The highest BCUT2D eigenvalue weighted by Crippen LogP contribution is 2.32. The molecule has 1 aromatic rings. The van der Waals surface area contributed by atoms with Gasteiger partial charge in [-0.2, -0.15) is 0 Å². The van der Waals surface area contributed by atoms with Crippen LogP contribution in [-0.2, 0) is 9.59 Å². The fourth-order valence-electron chi connectivity index (χ4n) is 4.75. The highest BCUT2D eigenvalue weighted by Gasteiger charge is 2.41. The molecule has 0 radical (unpaired) electrons. The Morgan fingerprint density at radius 3 is 2.31 bits per heavy atom. The van der Waals surface area contributed by atoms with E-state index in [9.17, 15) is 9.59 Å². The number of benzene rings is 1. The number of amides is 2. The predicted molar refractivity (Wildman–Crippen MR) is 131 cm³/mol. The molecule has 0 spiro atoms. The van der Waals surface area contributed by atoms with E-state index in [2.05, 4.69) is 45.3 Å². The van der Waals surface area contributed by atoms with E-state index in [1.807, 2.05) is 29.2 Å². The first kappa shape index (κ1) is 25.9. The summed E-state index contributed by atoms with van der Waals surface area (Å²) in [6, 6.07) is 7.01. The molecule has 178 valence electrons. The molecule has 1 aromatic carbocycles. The molecule has 2 N–H and O–H groups in total. The molecular weight excluding hydrogens is 402 g/mol. The fourth-order valence-corrected chi connectivity index (χ4v) is 4.75. The maximum Gasteiger partial charge on any atom is 0.245 e. The average Bonchev–Trinajstić information content (AvgIpc) is 2.70. The van der Waals surface area contributed by atoms with Crippen molar-refractivity contribution in [3.05, 3.63) is 35.9 Å². The van der Waals surface area contributed by atoms with Crippen LogP contribution in [0.4, 0.5) is 0 Å². The quantitative estimate of drug-likeness (QED) is 0.563. The number of nitrogens with one attached hydrogen (secondary N) is 2. The average molecular weight is 444 g/mol. The van der Waals surface area contributed by atoms with E-state index in [-0.39, 0.29) is 28.9 Å². The normalized spacial score (nSPS) is 18.8. The topological polar surface area (TPSA) is 70.7 Å². The first-order valence-electron chi connectivity index (χ1n) is 11.7. The summed E-state index contributed by atoms with van der Waals surface area (Å²) in [4.78, 5) is 27.9. The Labute approximate surface area is 193 Å². The first-order valence-corrected chi connectivity index (χ1v) is 11.7. The second kappa shape index (κ2) is 11.0. The van der Waals surface area contributed by atoms with E-state index in [0.717, 1.165) is 37.0 Å². The lowest BCUT2D eigenvalue weighted by atomic mass is 9.78. The molecule has 0 aliphatic carbocycles. The van der Waals surface area contributed by atoms with Gasteiger partial charge < -0.3 is 20.3 Å². The highest BCUT2D eigenvalue weighted by atomic mass is 16.5. The molecule has 1 saturated heterocycles. The summed E-state index contributed by atoms with van der Waals surface area (Å²) in [5.41, 5.74) is 0.791. The molecular formula is C26H41N3O3. The Hall–Kier alpha value is -2.34. The summed E-state index contributed by atoms with van der Waals surface area (Å²) in [6.45, 7) is 13.4. The molecule has 32 heavy (non-hydrogen) atoms. The van der Waals surface area contributed by atoms with Crippen LogP contribution in [0.1, 0.15) is 72.8 Å². The minimum atomic E-state index is -0.582. The maximum atomic E-state index is 13.4. The van der Waals surface area contributed by atoms with Crippen molar-refractivity contribution in [3.63, 3.8) is 0 Å². The monoisotopic (exact) mass is 443 g/mol. The van der Waals surface area contributed by atoms with Crippen molar-refractivity contribution in [2.24, 2.45) is 0 Å². The van der Waals surface area contributed by atoms with Crippen LogP contribution < -0.4 is 15.4 Å². The molecule has 1 atom stereocenters. The minimum Gasteiger partial charge on any atom is -0.497 e. The Morgan fingerprint density at radius 1 is 1.19 bits per heavy atom. The second-order valence-electron chi connectivity index (χ2n) is 10.2. The van der Waals surface area contributed by atoms with Crippen LogP contribution in [0.5, 0.6) is 5.75 Å². The largest absolute Gasteiger partial charge is 0.497 e. The Bertz CT molecular complexity index is 783. The van der Waals surface area contributed by atoms with E-state index in [1.165, 1.54) is 6.08 Å². The molecule has 6 nitrogen and oxygen atoms in total. The van der Waals surface area contributed by atoms with Gasteiger partial charge in [-0.3, -0.25) is 9.59 Å². The summed E-state index contributed by atoms with van der Waals surface area (Å²) in [7, 11) is 1.62. The van der Waals surface area contributed by atoms with Crippen molar-refractivity contribution in [1.29, 1.82) is 0 Å². The van der Waals surface area contributed by atoms with Crippen molar-refractivity contribution in [3.8, 4) is 5.75 Å². The van der Waals surface area contributed by atoms with Crippen LogP contribution in [0.3, 0.4) is 0 Å². The SMILES string of the molecule is CCCCN(C(=O)C(C)NC(=O)/C=C/c1ccc(OC)cc1)C1CC(C)(C)NC(C)(C)C1.